The molecule has 0 amide bonds. The van der Waals surface area contributed by atoms with Crippen LogP contribution in [0.5, 0.6) is 11.5 Å². The third-order valence-corrected chi connectivity index (χ3v) is 4.56. The second-order valence-electron chi connectivity index (χ2n) is 6.21. The standard InChI is InChI=1S/C21H24ClN3O3/c1-4-20-23-21(28-24-20)14-25(16-8-11-19(26-3)18(22)12-16)13-15-6-9-17(10-7-15)27-5-2/h6-12H,4-5,13-14H2,1-3H3. The molecule has 148 valence electrons. The van der Waals surface area contributed by atoms with Crippen molar-refractivity contribution in [2.24, 2.45) is 0 Å². The summed E-state index contributed by atoms with van der Waals surface area (Å²) in [5, 5.41) is 4.54. The average molecular weight is 402 g/mol. The highest BCUT2D eigenvalue weighted by atomic mass is 35.5. The van der Waals surface area contributed by atoms with E-state index in [0.29, 0.717) is 42.2 Å². The molecule has 0 aliphatic rings. The Bertz CT molecular complexity index is 896. The number of methoxy groups -OCH3 is 1. The highest BCUT2D eigenvalue weighted by molar-refractivity contribution is 6.32. The zero-order valence-electron chi connectivity index (χ0n) is 16.3. The summed E-state index contributed by atoms with van der Waals surface area (Å²) in [4.78, 5) is 6.57. The molecule has 0 aliphatic carbocycles. The lowest BCUT2D eigenvalue weighted by atomic mass is 10.2. The fraction of sp³-hybridized carbons (Fsp3) is 0.333. The van der Waals surface area contributed by atoms with Crippen LogP contribution in [0, 0.1) is 0 Å². The third-order valence-electron chi connectivity index (χ3n) is 4.26. The van der Waals surface area contributed by atoms with Gasteiger partial charge in [0.2, 0.25) is 5.89 Å². The highest BCUT2D eigenvalue weighted by Crippen LogP contribution is 2.30. The predicted octanol–water partition coefficient (Wildman–Crippen LogP) is 4.90. The van der Waals surface area contributed by atoms with Crippen LogP contribution < -0.4 is 14.4 Å². The van der Waals surface area contributed by atoms with Crippen LogP contribution in [0.15, 0.2) is 47.0 Å². The van der Waals surface area contributed by atoms with Crippen molar-refractivity contribution in [2.45, 2.75) is 33.4 Å². The van der Waals surface area contributed by atoms with Gasteiger partial charge in [0, 0.05) is 18.7 Å². The number of rotatable bonds is 9. The van der Waals surface area contributed by atoms with E-state index in [1.165, 1.54) is 0 Å². The van der Waals surface area contributed by atoms with Crippen molar-refractivity contribution in [1.29, 1.82) is 0 Å². The SMILES string of the molecule is CCOc1ccc(CN(Cc2nc(CC)no2)c2ccc(OC)c(Cl)c2)cc1. The molecule has 0 atom stereocenters. The average Bonchev–Trinajstić information content (AvgIpc) is 3.17. The van der Waals surface area contributed by atoms with E-state index in [2.05, 4.69) is 27.2 Å². The molecule has 3 rings (SSSR count). The number of ether oxygens (including phenoxy) is 2. The lowest BCUT2D eigenvalue weighted by Gasteiger charge is -2.24. The molecule has 6 nitrogen and oxygen atoms in total. The number of halogens is 1. The Morgan fingerprint density at radius 1 is 1.07 bits per heavy atom. The minimum absolute atomic E-state index is 0.475. The third kappa shape index (κ3) is 4.95. The monoisotopic (exact) mass is 401 g/mol. The van der Waals surface area contributed by atoms with Crippen molar-refractivity contribution in [2.75, 3.05) is 18.6 Å². The smallest absolute Gasteiger partial charge is 0.246 e. The maximum absolute atomic E-state index is 6.34. The Hall–Kier alpha value is -2.73. The Morgan fingerprint density at radius 3 is 2.46 bits per heavy atom. The Balaban J connectivity index is 1.85. The second-order valence-corrected chi connectivity index (χ2v) is 6.62. The van der Waals surface area contributed by atoms with Crippen molar-refractivity contribution in [3.8, 4) is 11.5 Å². The van der Waals surface area contributed by atoms with Crippen molar-refractivity contribution < 1.29 is 14.0 Å². The molecule has 28 heavy (non-hydrogen) atoms. The van der Waals surface area contributed by atoms with Gasteiger partial charge in [-0.1, -0.05) is 35.8 Å². The zero-order valence-corrected chi connectivity index (χ0v) is 17.1. The molecule has 0 fully saturated rings. The lowest BCUT2D eigenvalue weighted by Crippen LogP contribution is -2.22. The first kappa shape index (κ1) is 20.0. The molecule has 0 bridgehead atoms. The van der Waals surface area contributed by atoms with Crippen LogP contribution in [-0.2, 0) is 19.5 Å². The molecular formula is C21H24ClN3O3. The Morgan fingerprint density at radius 2 is 1.86 bits per heavy atom. The van der Waals surface area contributed by atoms with Gasteiger partial charge in [0.1, 0.15) is 11.5 Å². The van der Waals surface area contributed by atoms with Crippen LogP contribution >= 0.6 is 11.6 Å². The van der Waals surface area contributed by atoms with E-state index < -0.39 is 0 Å². The van der Waals surface area contributed by atoms with Crippen LogP contribution in [0.1, 0.15) is 31.1 Å². The maximum Gasteiger partial charge on any atom is 0.246 e. The molecule has 0 spiro atoms. The van der Waals surface area contributed by atoms with Crippen LogP contribution in [0.25, 0.3) is 0 Å². The molecule has 0 radical (unpaired) electrons. The first-order valence-electron chi connectivity index (χ1n) is 9.24. The van der Waals surface area contributed by atoms with Crippen molar-refractivity contribution in [1.82, 2.24) is 10.1 Å². The van der Waals surface area contributed by atoms with Crippen LogP contribution in [-0.4, -0.2) is 23.9 Å². The van der Waals surface area contributed by atoms with Gasteiger partial charge in [-0.3, -0.25) is 0 Å². The van der Waals surface area contributed by atoms with Gasteiger partial charge >= 0.3 is 0 Å². The fourth-order valence-corrected chi connectivity index (χ4v) is 3.08. The minimum Gasteiger partial charge on any atom is -0.495 e. The van der Waals surface area contributed by atoms with E-state index in [0.717, 1.165) is 23.4 Å². The normalized spacial score (nSPS) is 10.7. The predicted molar refractivity (Wildman–Crippen MR) is 109 cm³/mol. The number of anilines is 1. The van der Waals surface area contributed by atoms with E-state index in [9.17, 15) is 0 Å². The summed E-state index contributed by atoms with van der Waals surface area (Å²) in [5.41, 5.74) is 2.07. The molecule has 2 aromatic carbocycles. The number of benzene rings is 2. The second kappa shape index (κ2) is 9.46. The van der Waals surface area contributed by atoms with Crippen LogP contribution in [0.2, 0.25) is 5.02 Å². The number of aryl methyl sites for hydroxylation is 1. The molecule has 0 N–H and O–H groups in total. The van der Waals surface area contributed by atoms with E-state index in [1.807, 2.05) is 44.2 Å². The molecular weight excluding hydrogens is 378 g/mol. The maximum atomic E-state index is 6.34. The molecule has 1 heterocycles. The topological polar surface area (TPSA) is 60.6 Å². The number of hydrogen-bond donors (Lipinski definition) is 0. The zero-order chi connectivity index (χ0) is 19.9. The van der Waals surface area contributed by atoms with Gasteiger partial charge in [-0.25, -0.2) is 0 Å². The van der Waals surface area contributed by atoms with Crippen LogP contribution in [0.3, 0.4) is 0 Å². The summed E-state index contributed by atoms with van der Waals surface area (Å²) in [7, 11) is 1.60. The number of nitrogens with zero attached hydrogens (tertiary/aromatic N) is 3. The largest absolute Gasteiger partial charge is 0.495 e. The van der Waals surface area contributed by atoms with Gasteiger partial charge in [-0.2, -0.15) is 4.98 Å². The Kier molecular flexibility index (Phi) is 6.76. The van der Waals surface area contributed by atoms with Gasteiger partial charge in [-0.15, -0.1) is 0 Å². The molecule has 0 aliphatic heterocycles. The lowest BCUT2D eigenvalue weighted by molar-refractivity contribution is 0.340. The fourth-order valence-electron chi connectivity index (χ4n) is 2.83. The first-order chi connectivity index (χ1) is 13.6. The highest BCUT2D eigenvalue weighted by Gasteiger charge is 2.15. The molecule has 7 heteroatoms. The van der Waals surface area contributed by atoms with E-state index in [1.54, 1.807) is 7.11 Å². The van der Waals surface area contributed by atoms with Gasteiger partial charge in [0.05, 0.1) is 25.3 Å². The molecule has 3 aromatic rings. The summed E-state index contributed by atoms with van der Waals surface area (Å²) in [6.07, 6.45) is 0.733. The van der Waals surface area contributed by atoms with Crippen molar-refractivity contribution in [3.63, 3.8) is 0 Å². The molecule has 0 saturated heterocycles. The minimum atomic E-state index is 0.475. The van der Waals surface area contributed by atoms with E-state index in [-0.39, 0.29) is 0 Å². The summed E-state index contributed by atoms with van der Waals surface area (Å²) in [6, 6.07) is 13.7. The first-order valence-corrected chi connectivity index (χ1v) is 9.62. The van der Waals surface area contributed by atoms with Crippen LogP contribution in [0.4, 0.5) is 5.69 Å². The number of hydrogen-bond acceptors (Lipinski definition) is 6. The van der Waals surface area contributed by atoms with E-state index in [4.69, 9.17) is 25.6 Å². The van der Waals surface area contributed by atoms with Gasteiger partial charge in [-0.05, 0) is 42.8 Å². The number of aromatic nitrogens is 2. The quantitative estimate of drug-likeness (QED) is 0.508. The Labute approximate surface area is 170 Å². The molecule has 1 aromatic heterocycles. The summed E-state index contributed by atoms with van der Waals surface area (Å²) >= 11 is 6.34. The summed E-state index contributed by atoms with van der Waals surface area (Å²) in [5.74, 6) is 2.76. The molecule has 0 saturated carbocycles. The van der Waals surface area contributed by atoms with Gasteiger partial charge < -0.3 is 18.9 Å². The van der Waals surface area contributed by atoms with Crippen molar-refractivity contribution >= 4 is 17.3 Å². The molecule has 0 unspecified atom stereocenters. The van der Waals surface area contributed by atoms with Gasteiger partial charge in [0.25, 0.3) is 0 Å². The van der Waals surface area contributed by atoms with Gasteiger partial charge in [0.15, 0.2) is 5.82 Å². The summed E-state index contributed by atoms with van der Waals surface area (Å²) < 4.78 is 16.2. The van der Waals surface area contributed by atoms with E-state index >= 15 is 0 Å². The summed E-state index contributed by atoms with van der Waals surface area (Å²) in [6.45, 7) is 5.74. The van der Waals surface area contributed by atoms with Crippen molar-refractivity contribution in [3.05, 3.63) is 64.8 Å².